The molecule has 0 spiro atoms. The third kappa shape index (κ3) is 2.17. The first-order chi connectivity index (χ1) is 5.00. The Kier molecular flexibility index (Phi) is 2.15. The molecule has 0 heterocycles. The van der Waals surface area contributed by atoms with Crippen molar-refractivity contribution in [3.05, 3.63) is 23.8 Å². The summed E-state index contributed by atoms with van der Waals surface area (Å²) in [4.78, 5) is 0. The van der Waals surface area contributed by atoms with Gasteiger partial charge in [-0.1, -0.05) is 23.8 Å². The van der Waals surface area contributed by atoms with Crippen molar-refractivity contribution in [2.75, 3.05) is 0 Å². The zero-order valence-corrected chi connectivity index (χ0v) is 7.00. The van der Waals surface area contributed by atoms with Gasteiger partial charge in [-0.2, -0.15) is 8.42 Å². The Balaban J connectivity index is 2.79. The van der Waals surface area contributed by atoms with Crippen LogP contribution in [0.3, 0.4) is 0 Å². The van der Waals surface area contributed by atoms with Crippen molar-refractivity contribution in [2.24, 2.45) is 0 Å². The van der Waals surface area contributed by atoms with E-state index in [2.05, 4.69) is 0 Å². The largest absolute Gasteiger partial charge is 0.285 e. The lowest BCUT2D eigenvalue weighted by Crippen LogP contribution is -2.18. The maximum atomic E-state index is 10.6. The van der Waals surface area contributed by atoms with E-state index >= 15 is 0 Å². The average Bonchev–Trinajstić information content (AvgIpc) is 1.86. The maximum absolute atomic E-state index is 10.6. The summed E-state index contributed by atoms with van der Waals surface area (Å²) >= 11 is 0. The van der Waals surface area contributed by atoms with E-state index < -0.39 is 15.4 Å². The summed E-state index contributed by atoms with van der Waals surface area (Å²) in [5, 5.41) is -0.744. The Hall–Kier alpha value is -0.610. The van der Waals surface area contributed by atoms with E-state index in [1.807, 2.05) is 6.92 Å². The van der Waals surface area contributed by atoms with Crippen LogP contribution < -0.4 is 0 Å². The van der Waals surface area contributed by atoms with E-state index in [4.69, 9.17) is 4.55 Å². The van der Waals surface area contributed by atoms with E-state index in [1.165, 1.54) is 6.08 Å². The lowest BCUT2D eigenvalue weighted by Gasteiger charge is -2.10. The summed E-state index contributed by atoms with van der Waals surface area (Å²) in [6.45, 7) is 1.89. The van der Waals surface area contributed by atoms with Crippen molar-refractivity contribution >= 4 is 10.1 Å². The second-order valence-electron chi connectivity index (χ2n) is 2.60. The normalized spacial score (nSPS) is 24.9. The molecule has 1 rings (SSSR count). The Morgan fingerprint density at radius 3 is 2.64 bits per heavy atom. The summed E-state index contributed by atoms with van der Waals surface area (Å²) in [5.41, 5.74) is 1.03. The van der Waals surface area contributed by atoms with Crippen molar-refractivity contribution < 1.29 is 13.0 Å². The van der Waals surface area contributed by atoms with Gasteiger partial charge in [-0.15, -0.1) is 0 Å². The molecule has 11 heavy (non-hydrogen) atoms. The Labute approximate surface area is 66.2 Å². The monoisotopic (exact) mass is 174 g/mol. The van der Waals surface area contributed by atoms with E-state index in [1.54, 1.807) is 12.2 Å². The fourth-order valence-corrected chi connectivity index (χ4v) is 1.55. The molecule has 0 bridgehead atoms. The van der Waals surface area contributed by atoms with Crippen molar-refractivity contribution in [3.8, 4) is 0 Å². The molecule has 0 saturated carbocycles. The van der Waals surface area contributed by atoms with Gasteiger partial charge < -0.3 is 0 Å². The van der Waals surface area contributed by atoms with Gasteiger partial charge in [0.15, 0.2) is 0 Å². The fourth-order valence-electron chi connectivity index (χ4n) is 0.929. The van der Waals surface area contributed by atoms with E-state index in [9.17, 15) is 8.42 Å². The minimum atomic E-state index is -3.88. The quantitative estimate of drug-likeness (QED) is 0.607. The van der Waals surface area contributed by atoms with Crippen LogP contribution in [0.5, 0.6) is 0 Å². The van der Waals surface area contributed by atoms with Crippen LogP contribution in [-0.2, 0) is 10.1 Å². The smallest absolute Gasteiger partial charge is 0.271 e. The number of hydrogen-bond donors (Lipinski definition) is 1. The summed E-state index contributed by atoms with van der Waals surface area (Å²) in [7, 11) is -3.88. The second-order valence-corrected chi connectivity index (χ2v) is 4.23. The summed E-state index contributed by atoms with van der Waals surface area (Å²) in [5.74, 6) is 0. The van der Waals surface area contributed by atoms with Crippen molar-refractivity contribution in [1.29, 1.82) is 0 Å². The molecular formula is C7H10O3S. The van der Waals surface area contributed by atoms with Crippen LogP contribution in [-0.4, -0.2) is 18.2 Å². The van der Waals surface area contributed by atoms with E-state index in [0.717, 1.165) is 5.57 Å². The Morgan fingerprint density at radius 1 is 1.64 bits per heavy atom. The van der Waals surface area contributed by atoms with Crippen LogP contribution in [0.15, 0.2) is 23.8 Å². The van der Waals surface area contributed by atoms with Crippen LogP contribution in [0.2, 0.25) is 0 Å². The lowest BCUT2D eigenvalue weighted by atomic mass is 10.1. The van der Waals surface area contributed by atoms with Gasteiger partial charge >= 0.3 is 0 Å². The van der Waals surface area contributed by atoms with Crippen molar-refractivity contribution in [3.63, 3.8) is 0 Å². The van der Waals surface area contributed by atoms with Crippen LogP contribution in [0.4, 0.5) is 0 Å². The first-order valence-corrected chi connectivity index (χ1v) is 4.82. The van der Waals surface area contributed by atoms with Crippen LogP contribution >= 0.6 is 0 Å². The first kappa shape index (κ1) is 8.49. The van der Waals surface area contributed by atoms with Gasteiger partial charge in [-0.25, -0.2) is 0 Å². The van der Waals surface area contributed by atoms with Crippen molar-refractivity contribution in [2.45, 2.75) is 18.6 Å². The number of allylic oxidation sites excluding steroid dienone is 3. The predicted molar refractivity (Wildman–Crippen MR) is 42.9 cm³/mol. The summed E-state index contributed by atoms with van der Waals surface area (Å²) in [6.07, 6.45) is 5.37. The van der Waals surface area contributed by atoms with Crippen LogP contribution in [0, 0.1) is 0 Å². The molecule has 0 radical (unpaired) electrons. The molecule has 0 aromatic rings. The second kappa shape index (κ2) is 2.79. The van der Waals surface area contributed by atoms with Gasteiger partial charge in [-0.05, 0) is 13.3 Å². The van der Waals surface area contributed by atoms with Gasteiger partial charge in [-0.3, -0.25) is 4.55 Å². The van der Waals surface area contributed by atoms with Gasteiger partial charge in [0.25, 0.3) is 10.1 Å². The van der Waals surface area contributed by atoms with E-state index in [0.29, 0.717) is 6.42 Å². The Bertz CT molecular complexity index is 298. The van der Waals surface area contributed by atoms with Gasteiger partial charge in [0.2, 0.25) is 0 Å². The highest BCUT2D eigenvalue weighted by Gasteiger charge is 2.19. The topological polar surface area (TPSA) is 54.4 Å². The minimum absolute atomic E-state index is 0.376. The fraction of sp³-hybridized carbons (Fsp3) is 0.429. The molecule has 1 atom stereocenters. The molecule has 1 unspecified atom stereocenters. The van der Waals surface area contributed by atoms with Crippen molar-refractivity contribution in [1.82, 2.24) is 0 Å². The third-order valence-electron chi connectivity index (χ3n) is 1.63. The zero-order chi connectivity index (χ0) is 8.48. The number of hydrogen-bond acceptors (Lipinski definition) is 2. The predicted octanol–water partition coefficient (Wildman–Crippen LogP) is 1.15. The highest BCUT2D eigenvalue weighted by Crippen LogP contribution is 2.15. The molecule has 1 aliphatic carbocycles. The van der Waals surface area contributed by atoms with Gasteiger partial charge in [0, 0.05) is 0 Å². The molecule has 3 nitrogen and oxygen atoms in total. The molecule has 1 aliphatic rings. The molecule has 0 saturated heterocycles. The molecule has 0 aromatic heterocycles. The molecule has 0 fully saturated rings. The Morgan fingerprint density at radius 2 is 2.27 bits per heavy atom. The third-order valence-corrected chi connectivity index (χ3v) is 2.74. The minimum Gasteiger partial charge on any atom is -0.285 e. The van der Waals surface area contributed by atoms with Crippen LogP contribution in [0.25, 0.3) is 0 Å². The molecule has 0 aromatic carbocycles. The van der Waals surface area contributed by atoms with Gasteiger partial charge in [0.05, 0.1) is 0 Å². The molecule has 62 valence electrons. The summed E-state index contributed by atoms with van der Waals surface area (Å²) < 4.78 is 29.8. The molecular weight excluding hydrogens is 164 g/mol. The van der Waals surface area contributed by atoms with E-state index in [-0.39, 0.29) is 0 Å². The highest BCUT2D eigenvalue weighted by atomic mass is 32.2. The molecule has 4 heteroatoms. The lowest BCUT2D eigenvalue weighted by molar-refractivity contribution is 0.474. The van der Waals surface area contributed by atoms with Gasteiger partial charge in [0.1, 0.15) is 5.25 Å². The summed E-state index contributed by atoms with van der Waals surface area (Å²) in [6, 6.07) is 0. The standard InChI is InChI=1S/C7H10O3S/c1-6-2-4-7(5-3-6)11(8,9)10/h2-4,7H,5H2,1H3,(H,8,9,10). The van der Waals surface area contributed by atoms with Crippen LogP contribution in [0.1, 0.15) is 13.3 Å². The average molecular weight is 174 g/mol. The molecule has 0 aliphatic heterocycles. The molecule has 0 amide bonds. The zero-order valence-electron chi connectivity index (χ0n) is 6.19. The first-order valence-electron chi connectivity index (χ1n) is 3.31. The molecule has 1 N–H and O–H groups in total. The maximum Gasteiger partial charge on any atom is 0.271 e. The number of rotatable bonds is 1. The SMILES string of the molecule is CC1=CCC(S(=O)(=O)O)C=C1. The highest BCUT2D eigenvalue weighted by molar-refractivity contribution is 7.86.